The molecule has 92 valence electrons. The van der Waals surface area contributed by atoms with E-state index in [2.05, 4.69) is 0 Å². The van der Waals surface area contributed by atoms with Gasteiger partial charge in [0.25, 0.3) is 0 Å². The van der Waals surface area contributed by atoms with E-state index in [-0.39, 0.29) is 12.4 Å². The summed E-state index contributed by atoms with van der Waals surface area (Å²) in [6.07, 6.45) is 1.56. The highest BCUT2D eigenvalue weighted by Crippen LogP contribution is 2.12. The number of rotatable bonds is 10. The number of alkyl halides is 1. The summed E-state index contributed by atoms with van der Waals surface area (Å²) in [5.41, 5.74) is 0. The Hall–Kier alpha value is 0.170. The minimum absolute atomic E-state index is 0.135. The third-order valence-corrected chi connectivity index (χ3v) is 2.21. The van der Waals surface area contributed by atoms with E-state index in [4.69, 9.17) is 25.8 Å². The van der Waals surface area contributed by atoms with Gasteiger partial charge in [0.1, 0.15) is 0 Å². The molecule has 1 atom stereocenters. The molecule has 0 saturated heterocycles. The van der Waals surface area contributed by atoms with Gasteiger partial charge in [0, 0.05) is 32.1 Å². The van der Waals surface area contributed by atoms with Gasteiger partial charge in [0.2, 0.25) is 0 Å². The van der Waals surface area contributed by atoms with Gasteiger partial charge in [-0.3, -0.25) is 0 Å². The first kappa shape index (κ1) is 15.2. The lowest BCUT2D eigenvalue weighted by molar-refractivity contribution is -0.157. The second kappa shape index (κ2) is 10.7. The topological polar surface area (TPSA) is 27.7 Å². The summed E-state index contributed by atoms with van der Waals surface area (Å²) in [6.45, 7) is 7.92. The maximum Gasteiger partial charge on any atom is 0.160 e. The lowest BCUT2D eigenvalue weighted by Crippen LogP contribution is -2.26. The van der Waals surface area contributed by atoms with Crippen LogP contribution in [0.3, 0.4) is 0 Å². The summed E-state index contributed by atoms with van der Waals surface area (Å²) < 4.78 is 16.5. The van der Waals surface area contributed by atoms with E-state index in [1.54, 1.807) is 0 Å². The van der Waals surface area contributed by atoms with Crippen LogP contribution in [0.15, 0.2) is 0 Å². The van der Waals surface area contributed by atoms with Crippen molar-refractivity contribution in [3.63, 3.8) is 0 Å². The largest absolute Gasteiger partial charge is 0.378 e. The second-order valence-electron chi connectivity index (χ2n) is 3.13. The van der Waals surface area contributed by atoms with Crippen LogP contribution in [0.4, 0.5) is 0 Å². The van der Waals surface area contributed by atoms with Crippen molar-refractivity contribution in [2.24, 2.45) is 0 Å². The Balaban J connectivity index is 3.93. The molecule has 0 N–H and O–H groups in total. The Morgan fingerprint density at radius 1 is 0.933 bits per heavy atom. The van der Waals surface area contributed by atoms with Crippen LogP contribution >= 0.6 is 11.6 Å². The molecule has 4 heteroatoms. The zero-order valence-electron chi connectivity index (χ0n) is 10.0. The molecule has 0 aromatic heterocycles. The van der Waals surface area contributed by atoms with E-state index in [1.807, 2.05) is 20.8 Å². The first-order chi connectivity index (χ1) is 7.28. The average molecular weight is 239 g/mol. The first-order valence-corrected chi connectivity index (χ1v) is 6.22. The molecule has 0 radical (unpaired) electrons. The van der Waals surface area contributed by atoms with Crippen molar-refractivity contribution in [3.8, 4) is 0 Å². The van der Waals surface area contributed by atoms with Gasteiger partial charge in [-0.1, -0.05) is 0 Å². The summed E-state index contributed by atoms with van der Waals surface area (Å²) in [5, 5.41) is 0. The van der Waals surface area contributed by atoms with Crippen molar-refractivity contribution in [2.75, 3.05) is 25.7 Å². The Kier molecular flexibility index (Phi) is 10.8. The Morgan fingerprint density at radius 2 is 1.47 bits per heavy atom. The summed E-state index contributed by atoms with van der Waals surface area (Å²) in [6, 6.07) is 0. The highest BCUT2D eigenvalue weighted by atomic mass is 35.5. The Morgan fingerprint density at radius 3 is 1.87 bits per heavy atom. The van der Waals surface area contributed by atoms with Gasteiger partial charge < -0.3 is 14.2 Å². The zero-order valence-corrected chi connectivity index (χ0v) is 10.8. The van der Waals surface area contributed by atoms with E-state index in [0.29, 0.717) is 25.7 Å². The van der Waals surface area contributed by atoms with Crippen molar-refractivity contribution in [1.29, 1.82) is 0 Å². The van der Waals surface area contributed by atoms with E-state index < -0.39 is 0 Å². The minimum atomic E-state index is -0.167. The Bertz CT molecular complexity index is 107. The van der Waals surface area contributed by atoms with Crippen LogP contribution < -0.4 is 0 Å². The molecule has 15 heavy (non-hydrogen) atoms. The summed E-state index contributed by atoms with van der Waals surface area (Å²) in [5.74, 6) is 0.607. The lowest BCUT2D eigenvalue weighted by atomic mass is 10.2. The van der Waals surface area contributed by atoms with E-state index in [9.17, 15) is 0 Å². The lowest BCUT2D eigenvalue weighted by Gasteiger charge is -2.22. The fourth-order valence-electron chi connectivity index (χ4n) is 1.40. The van der Waals surface area contributed by atoms with Gasteiger partial charge >= 0.3 is 0 Å². The predicted molar refractivity (Wildman–Crippen MR) is 62.4 cm³/mol. The Labute approximate surface area is 98.0 Å². The van der Waals surface area contributed by atoms with Gasteiger partial charge in [0.15, 0.2) is 6.29 Å². The van der Waals surface area contributed by atoms with Crippen LogP contribution in [0.5, 0.6) is 0 Å². The molecule has 0 fully saturated rings. The van der Waals surface area contributed by atoms with Crippen LogP contribution in [0.25, 0.3) is 0 Å². The average Bonchev–Trinajstić information content (AvgIpc) is 2.19. The van der Waals surface area contributed by atoms with Crippen molar-refractivity contribution in [3.05, 3.63) is 0 Å². The summed E-state index contributed by atoms with van der Waals surface area (Å²) in [7, 11) is 0. The fourth-order valence-corrected chi connectivity index (χ4v) is 1.64. The van der Waals surface area contributed by atoms with E-state index in [0.717, 1.165) is 12.8 Å². The smallest absolute Gasteiger partial charge is 0.160 e. The maximum atomic E-state index is 5.71. The summed E-state index contributed by atoms with van der Waals surface area (Å²) >= 11 is 5.71. The van der Waals surface area contributed by atoms with Crippen molar-refractivity contribution in [2.45, 2.75) is 46.0 Å². The molecule has 0 aromatic carbocycles. The molecule has 0 saturated carbocycles. The first-order valence-electron chi connectivity index (χ1n) is 5.69. The molecule has 0 aliphatic heterocycles. The third kappa shape index (κ3) is 8.03. The standard InChI is InChI=1S/C11H23ClO3/c1-4-13-10(7-8-12)9-11(14-5-2)15-6-3/h10-11H,4-9H2,1-3H3. The van der Waals surface area contributed by atoms with Gasteiger partial charge in [-0.25, -0.2) is 0 Å². The van der Waals surface area contributed by atoms with E-state index in [1.165, 1.54) is 0 Å². The van der Waals surface area contributed by atoms with E-state index >= 15 is 0 Å². The van der Waals surface area contributed by atoms with Gasteiger partial charge in [-0.2, -0.15) is 0 Å². The monoisotopic (exact) mass is 238 g/mol. The SMILES string of the molecule is CCOC(CCCl)CC(OCC)OCC. The molecular weight excluding hydrogens is 216 g/mol. The highest BCUT2D eigenvalue weighted by molar-refractivity contribution is 6.17. The fraction of sp³-hybridized carbons (Fsp3) is 1.00. The quantitative estimate of drug-likeness (QED) is 0.433. The van der Waals surface area contributed by atoms with Crippen LogP contribution in [0.2, 0.25) is 0 Å². The summed E-state index contributed by atoms with van der Waals surface area (Å²) in [4.78, 5) is 0. The molecule has 3 nitrogen and oxygen atoms in total. The number of ether oxygens (including phenoxy) is 3. The maximum absolute atomic E-state index is 5.71. The highest BCUT2D eigenvalue weighted by Gasteiger charge is 2.16. The number of halogens is 1. The molecule has 0 aromatic rings. The number of hydrogen-bond acceptors (Lipinski definition) is 3. The van der Waals surface area contributed by atoms with Crippen molar-refractivity contribution < 1.29 is 14.2 Å². The minimum Gasteiger partial charge on any atom is -0.378 e. The van der Waals surface area contributed by atoms with Crippen molar-refractivity contribution in [1.82, 2.24) is 0 Å². The number of hydrogen-bond donors (Lipinski definition) is 0. The molecule has 0 heterocycles. The van der Waals surface area contributed by atoms with Crippen LogP contribution in [-0.2, 0) is 14.2 Å². The molecule has 1 unspecified atom stereocenters. The molecular formula is C11H23ClO3. The van der Waals surface area contributed by atoms with Crippen LogP contribution in [0.1, 0.15) is 33.6 Å². The molecule has 0 rings (SSSR count). The molecule has 0 aliphatic carbocycles. The molecule has 0 amide bonds. The predicted octanol–water partition coefficient (Wildman–Crippen LogP) is 2.81. The second-order valence-corrected chi connectivity index (χ2v) is 3.51. The van der Waals surface area contributed by atoms with Gasteiger partial charge in [-0.05, 0) is 27.2 Å². The van der Waals surface area contributed by atoms with Gasteiger partial charge in [-0.15, -0.1) is 11.6 Å². The third-order valence-electron chi connectivity index (χ3n) is 1.99. The normalized spacial score (nSPS) is 13.4. The molecule has 0 spiro atoms. The van der Waals surface area contributed by atoms with Gasteiger partial charge in [0.05, 0.1) is 6.10 Å². The zero-order chi connectivity index (χ0) is 11.5. The molecule has 0 aliphatic rings. The van der Waals surface area contributed by atoms with Crippen LogP contribution in [-0.4, -0.2) is 38.1 Å². The van der Waals surface area contributed by atoms with Crippen molar-refractivity contribution >= 4 is 11.6 Å². The van der Waals surface area contributed by atoms with Crippen LogP contribution in [0, 0.1) is 0 Å². The molecule has 0 bridgehead atoms.